The normalized spacial score (nSPS) is 12.0. The highest BCUT2D eigenvalue weighted by atomic mass is 32.2. The zero-order valence-electron chi connectivity index (χ0n) is 11.9. The van der Waals surface area contributed by atoms with Gasteiger partial charge in [0.1, 0.15) is 0 Å². The largest absolute Gasteiger partial charge is 0.354 e. The highest BCUT2D eigenvalue weighted by molar-refractivity contribution is 7.84. The molecule has 0 aliphatic heterocycles. The van der Waals surface area contributed by atoms with Gasteiger partial charge in [-0.25, -0.2) is 0 Å². The summed E-state index contributed by atoms with van der Waals surface area (Å²) in [7, 11) is 2.97. The second kappa shape index (κ2) is 7.88. The van der Waals surface area contributed by atoms with Gasteiger partial charge in [0, 0.05) is 49.5 Å². The molecule has 0 aliphatic carbocycles. The summed E-state index contributed by atoms with van der Waals surface area (Å²) >= 11 is 0. The summed E-state index contributed by atoms with van der Waals surface area (Å²) in [6.07, 6.45) is 0. The molecule has 1 unspecified atom stereocenters. The van der Waals surface area contributed by atoms with Crippen molar-refractivity contribution in [3.63, 3.8) is 0 Å². The Morgan fingerprint density at radius 2 is 1.74 bits per heavy atom. The van der Waals surface area contributed by atoms with E-state index >= 15 is 0 Å². The molecule has 0 fully saturated rings. The molecule has 2 N–H and O–H groups in total. The van der Waals surface area contributed by atoms with Crippen LogP contribution in [0.5, 0.6) is 0 Å². The van der Waals surface area contributed by atoms with Crippen molar-refractivity contribution in [1.82, 2.24) is 15.0 Å². The second-order valence-electron chi connectivity index (χ2n) is 4.07. The fourth-order valence-electron chi connectivity index (χ4n) is 1.30. The van der Waals surface area contributed by atoms with Gasteiger partial charge < -0.3 is 15.5 Å². The van der Waals surface area contributed by atoms with Crippen LogP contribution in [0.1, 0.15) is 13.8 Å². The van der Waals surface area contributed by atoms with E-state index < -0.39 is 10.8 Å². The maximum absolute atomic E-state index is 11.3. The lowest BCUT2D eigenvalue weighted by Crippen LogP contribution is -2.19. The van der Waals surface area contributed by atoms with Crippen LogP contribution in [0.25, 0.3) is 0 Å². The Labute approximate surface area is 116 Å². The van der Waals surface area contributed by atoms with Crippen molar-refractivity contribution < 1.29 is 4.21 Å². The van der Waals surface area contributed by atoms with E-state index in [-0.39, 0.29) is 0 Å². The number of nitrogens with one attached hydrogen (secondary N) is 2. The van der Waals surface area contributed by atoms with Crippen LogP contribution in [0.2, 0.25) is 0 Å². The summed E-state index contributed by atoms with van der Waals surface area (Å²) in [6.45, 7) is 5.22. The quantitative estimate of drug-likeness (QED) is 0.722. The summed E-state index contributed by atoms with van der Waals surface area (Å²) < 4.78 is 11.3. The van der Waals surface area contributed by atoms with Gasteiger partial charge in [0.05, 0.1) is 0 Å². The molecule has 1 aromatic heterocycles. The summed E-state index contributed by atoms with van der Waals surface area (Å²) in [5.74, 6) is 2.90. The molecule has 0 spiro atoms. The minimum atomic E-state index is -0.783. The van der Waals surface area contributed by atoms with Crippen LogP contribution < -0.4 is 15.5 Å². The first-order valence-corrected chi connectivity index (χ1v) is 7.81. The minimum absolute atomic E-state index is 0.503. The Balaban J connectivity index is 2.72. The average Bonchev–Trinajstić information content (AvgIpc) is 2.38. The van der Waals surface area contributed by atoms with Gasteiger partial charge in [-0.15, -0.1) is 0 Å². The van der Waals surface area contributed by atoms with E-state index in [1.165, 1.54) is 0 Å². The van der Waals surface area contributed by atoms with E-state index in [1.54, 1.807) is 0 Å². The second-order valence-corrected chi connectivity index (χ2v) is 5.93. The minimum Gasteiger partial charge on any atom is -0.354 e. The molecule has 7 nitrogen and oxygen atoms in total. The SMILES string of the molecule is CCNc1nc(NCCS(=O)CC)nc(N(C)C)n1. The van der Waals surface area contributed by atoms with Gasteiger partial charge in [-0.05, 0) is 6.92 Å². The monoisotopic (exact) mass is 286 g/mol. The van der Waals surface area contributed by atoms with Crippen LogP contribution >= 0.6 is 0 Å². The number of aromatic nitrogens is 3. The van der Waals surface area contributed by atoms with E-state index in [0.717, 1.165) is 6.54 Å². The van der Waals surface area contributed by atoms with Crippen molar-refractivity contribution in [3.8, 4) is 0 Å². The molecule has 1 aromatic rings. The standard InChI is InChI=1S/C11H22N6OS/c1-5-12-9-14-10(13-7-8-19(18)6-2)16-11(15-9)17(3)4/h5-8H2,1-4H3,(H2,12,13,14,15,16). The van der Waals surface area contributed by atoms with Gasteiger partial charge in [0.25, 0.3) is 0 Å². The first kappa shape index (κ1) is 15.6. The summed E-state index contributed by atoms with van der Waals surface area (Å²) in [6, 6.07) is 0. The van der Waals surface area contributed by atoms with Crippen LogP contribution in [0.15, 0.2) is 0 Å². The molecule has 0 bridgehead atoms. The lowest BCUT2D eigenvalue weighted by Gasteiger charge is -2.13. The van der Waals surface area contributed by atoms with Gasteiger partial charge in [0.2, 0.25) is 17.8 Å². The summed E-state index contributed by atoms with van der Waals surface area (Å²) in [4.78, 5) is 14.6. The van der Waals surface area contributed by atoms with Gasteiger partial charge in [-0.1, -0.05) is 6.92 Å². The molecular weight excluding hydrogens is 264 g/mol. The number of anilines is 3. The van der Waals surface area contributed by atoms with Gasteiger partial charge >= 0.3 is 0 Å². The highest BCUT2D eigenvalue weighted by Crippen LogP contribution is 2.10. The molecule has 0 aliphatic rings. The lowest BCUT2D eigenvalue weighted by molar-refractivity contribution is 0.684. The number of hydrogen-bond donors (Lipinski definition) is 2. The molecule has 19 heavy (non-hydrogen) atoms. The fourth-order valence-corrected chi connectivity index (χ4v) is 1.92. The topological polar surface area (TPSA) is 83.0 Å². The number of rotatable bonds is 8. The molecule has 0 aromatic carbocycles. The van der Waals surface area contributed by atoms with E-state index in [1.807, 2.05) is 32.8 Å². The van der Waals surface area contributed by atoms with Crippen LogP contribution in [0, 0.1) is 0 Å². The van der Waals surface area contributed by atoms with E-state index in [0.29, 0.717) is 35.9 Å². The zero-order valence-corrected chi connectivity index (χ0v) is 12.8. The molecule has 1 rings (SSSR count). The van der Waals surface area contributed by atoms with Crippen LogP contribution in [0.3, 0.4) is 0 Å². The maximum atomic E-state index is 11.3. The fraction of sp³-hybridized carbons (Fsp3) is 0.727. The third kappa shape index (κ3) is 5.37. The van der Waals surface area contributed by atoms with Gasteiger partial charge in [0.15, 0.2) is 0 Å². The van der Waals surface area contributed by atoms with E-state index in [4.69, 9.17) is 0 Å². The van der Waals surface area contributed by atoms with Crippen molar-refractivity contribution in [2.45, 2.75) is 13.8 Å². The Morgan fingerprint density at radius 1 is 1.11 bits per heavy atom. The average molecular weight is 286 g/mol. The number of nitrogens with zero attached hydrogens (tertiary/aromatic N) is 4. The molecule has 0 saturated carbocycles. The third-order valence-corrected chi connectivity index (χ3v) is 3.60. The van der Waals surface area contributed by atoms with Crippen LogP contribution in [-0.4, -0.2) is 57.9 Å². The smallest absolute Gasteiger partial charge is 0.231 e. The van der Waals surface area contributed by atoms with Crippen LogP contribution in [0.4, 0.5) is 17.8 Å². The lowest BCUT2D eigenvalue weighted by atomic mass is 10.7. The Bertz CT molecular complexity index is 426. The first-order valence-electron chi connectivity index (χ1n) is 6.33. The Kier molecular flexibility index (Phi) is 6.48. The van der Waals surface area contributed by atoms with Crippen molar-refractivity contribution >= 4 is 28.6 Å². The van der Waals surface area contributed by atoms with Crippen molar-refractivity contribution in [1.29, 1.82) is 0 Å². The van der Waals surface area contributed by atoms with E-state index in [9.17, 15) is 4.21 Å². The van der Waals surface area contributed by atoms with E-state index in [2.05, 4.69) is 25.6 Å². The first-order chi connectivity index (χ1) is 9.06. The molecule has 1 atom stereocenters. The molecule has 108 valence electrons. The molecule has 1 heterocycles. The highest BCUT2D eigenvalue weighted by Gasteiger charge is 2.07. The molecule has 0 amide bonds. The Hall–Kier alpha value is -1.44. The van der Waals surface area contributed by atoms with Crippen molar-refractivity contribution in [3.05, 3.63) is 0 Å². The van der Waals surface area contributed by atoms with Crippen LogP contribution in [-0.2, 0) is 10.8 Å². The van der Waals surface area contributed by atoms with Gasteiger partial charge in [-0.2, -0.15) is 15.0 Å². The van der Waals surface area contributed by atoms with Crippen molar-refractivity contribution in [2.75, 3.05) is 54.2 Å². The summed E-state index contributed by atoms with van der Waals surface area (Å²) in [5, 5.41) is 6.15. The molecule has 0 saturated heterocycles. The Morgan fingerprint density at radius 3 is 2.26 bits per heavy atom. The van der Waals surface area contributed by atoms with Gasteiger partial charge in [-0.3, -0.25) is 4.21 Å². The molecule has 8 heteroatoms. The molecular formula is C11H22N6OS. The zero-order chi connectivity index (χ0) is 14.3. The maximum Gasteiger partial charge on any atom is 0.231 e. The summed E-state index contributed by atoms with van der Waals surface area (Å²) in [5.41, 5.74) is 0. The molecule has 0 radical (unpaired) electrons. The van der Waals surface area contributed by atoms with Crippen molar-refractivity contribution in [2.24, 2.45) is 0 Å². The third-order valence-electron chi connectivity index (χ3n) is 2.29. The predicted molar refractivity (Wildman–Crippen MR) is 80.4 cm³/mol. The number of hydrogen-bond acceptors (Lipinski definition) is 7. The predicted octanol–water partition coefficient (Wildman–Crippen LogP) is 0.550.